The average molecular weight is 461 g/mol. The van der Waals surface area contributed by atoms with Crippen LogP contribution in [0.3, 0.4) is 0 Å². The predicted molar refractivity (Wildman–Crippen MR) is 114 cm³/mol. The van der Waals surface area contributed by atoms with Gasteiger partial charge in [-0.1, -0.05) is 18.2 Å². The van der Waals surface area contributed by atoms with Gasteiger partial charge in [-0.3, -0.25) is 4.99 Å². The Hall–Kier alpha value is -1.02. The number of guanidine groups is 1. The summed E-state index contributed by atoms with van der Waals surface area (Å²) in [7, 11) is 1.79. The number of para-hydroxylation sites is 1. The summed E-state index contributed by atoms with van der Waals surface area (Å²) in [6.07, 6.45) is 4.63. The van der Waals surface area contributed by atoms with Gasteiger partial charge < -0.3 is 20.1 Å². The molecule has 142 valence electrons. The Balaban J connectivity index is 0.00000312. The van der Waals surface area contributed by atoms with Crippen molar-refractivity contribution in [2.24, 2.45) is 10.9 Å². The standard InChI is InChI=1S/C19H31N3O2.HI/c1-16-7-3-4-8-18(16)24-14-6-12-22-19(20-2)21-11-5-13-23-15-17-9-10-17;/h3-4,7-8,17H,5-6,9-15H2,1-2H3,(H2,20,21,22);1H. The molecule has 1 fully saturated rings. The Morgan fingerprint density at radius 2 is 1.80 bits per heavy atom. The van der Waals surface area contributed by atoms with E-state index in [9.17, 15) is 0 Å². The fraction of sp³-hybridized carbons (Fsp3) is 0.632. The van der Waals surface area contributed by atoms with E-state index >= 15 is 0 Å². The predicted octanol–water partition coefficient (Wildman–Crippen LogP) is 3.36. The van der Waals surface area contributed by atoms with Crippen molar-refractivity contribution >= 4 is 29.9 Å². The lowest BCUT2D eigenvalue weighted by atomic mass is 10.2. The number of ether oxygens (including phenoxy) is 2. The van der Waals surface area contributed by atoms with Gasteiger partial charge in [-0.25, -0.2) is 0 Å². The maximum Gasteiger partial charge on any atom is 0.190 e. The van der Waals surface area contributed by atoms with E-state index in [-0.39, 0.29) is 24.0 Å². The molecular formula is C19H32IN3O2. The van der Waals surface area contributed by atoms with Crippen LogP contribution in [0.5, 0.6) is 5.75 Å². The van der Waals surface area contributed by atoms with E-state index < -0.39 is 0 Å². The highest BCUT2D eigenvalue weighted by Gasteiger charge is 2.20. The molecule has 1 aromatic rings. The van der Waals surface area contributed by atoms with Crippen LogP contribution in [0, 0.1) is 12.8 Å². The highest BCUT2D eigenvalue weighted by Crippen LogP contribution is 2.28. The second-order valence-corrected chi connectivity index (χ2v) is 6.27. The second-order valence-electron chi connectivity index (χ2n) is 6.27. The fourth-order valence-corrected chi connectivity index (χ4v) is 2.32. The van der Waals surface area contributed by atoms with Gasteiger partial charge in [0.2, 0.25) is 0 Å². The molecule has 0 aliphatic heterocycles. The minimum Gasteiger partial charge on any atom is -0.493 e. The first kappa shape index (κ1) is 22.0. The van der Waals surface area contributed by atoms with Crippen molar-refractivity contribution in [3.8, 4) is 5.75 Å². The van der Waals surface area contributed by atoms with Crippen LogP contribution in [-0.2, 0) is 4.74 Å². The lowest BCUT2D eigenvalue weighted by Gasteiger charge is -2.13. The van der Waals surface area contributed by atoms with Crippen LogP contribution in [0.1, 0.15) is 31.2 Å². The number of aryl methyl sites for hydroxylation is 1. The molecule has 2 rings (SSSR count). The van der Waals surface area contributed by atoms with Crippen molar-refractivity contribution < 1.29 is 9.47 Å². The number of nitrogens with zero attached hydrogens (tertiary/aromatic N) is 1. The quantitative estimate of drug-likeness (QED) is 0.230. The first-order valence-electron chi connectivity index (χ1n) is 9.00. The number of aliphatic imine (C=N–C) groups is 1. The van der Waals surface area contributed by atoms with Crippen LogP contribution in [0.2, 0.25) is 0 Å². The lowest BCUT2D eigenvalue weighted by molar-refractivity contribution is 0.123. The summed E-state index contributed by atoms with van der Waals surface area (Å²) in [6, 6.07) is 8.10. The smallest absolute Gasteiger partial charge is 0.190 e. The number of benzene rings is 1. The van der Waals surface area contributed by atoms with Gasteiger partial charge in [-0.15, -0.1) is 24.0 Å². The highest BCUT2D eigenvalue weighted by molar-refractivity contribution is 14.0. The number of hydrogen-bond donors (Lipinski definition) is 2. The largest absolute Gasteiger partial charge is 0.493 e. The molecule has 0 saturated heterocycles. The molecule has 0 spiro atoms. The number of rotatable bonds is 11. The number of nitrogens with one attached hydrogen (secondary N) is 2. The van der Waals surface area contributed by atoms with Gasteiger partial charge in [0, 0.05) is 33.4 Å². The van der Waals surface area contributed by atoms with Crippen LogP contribution >= 0.6 is 24.0 Å². The minimum atomic E-state index is 0. The zero-order valence-corrected chi connectivity index (χ0v) is 17.8. The normalized spacial score (nSPS) is 13.9. The van der Waals surface area contributed by atoms with Gasteiger partial charge in [-0.2, -0.15) is 0 Å². The Morgan fingerprint density at radius 3 is 2.44 bits per heavy atom. The topological polar surface area (TPSA) is 54.9 Å². The molecular weight excluding hydrogens is 429 g/mol. The molecule has 0 heterocycles. The zero-order chi connectivity index (χ0) is 17.0. The molecule has 0 bridgehead atoms. The number of hydrogen-bond acceptors (Lipinski definition) is 3. The Labute approximate surface area is 169 Å². The van der Waals surface area contributed by atoms with E-state index in [4.69, 9.17) is 9.47 Å². The first-order valence-corrected chi connectivity index (χ1v) is 9.00. The second kappa shape index (κ2) is 13.2. The molecule has 0 radical (unpaired) electrons. The molecule has 6 heteroatoms. The summed E-state index contributed by atoms with van der Waals surface area (Å²) in [5, 5.41) is 6.62. The molecule has 0 atom stereocenters. The molecule has 0 amide bonds. The Morgan fingerprint density at radius 1 is 1.12 bits per heavy atom. The van der Waals surface area contributed by atoms with Crippen LogP contribution in [-0.4, -0.2) is 45.9 Å². The molecule has 5 nitrogen and oxygen atoms in total. The third-order valence-electron chi connectivity index (χ3n) is 4.00. The monoisotopic (exact) mass is 461 g/mol. The highest BCUT2D eigenvalue weighted by atomic mass is 127. The molecule has 1 saturated carbocycles. The lowest BCUT2D eigenvalue weighted by Crippen LogP contribution is -2.38. The third kappa shape index (κ3) is 9.89. The molecule has 1 aliphatic carbocycles. The molecule has 2 N–H and O–H groups in total. The van der Waals surface area contributed by atoms with Gasteiger partial charge in [0.1, 0.15) is 5.75 Å². The van der Waals surface area contributed by atoms with E-state index in [1.807, 2.05) is 18.2 Å². The summed E-state index contributed by atoms with van der Waals surface area (Å²) in [5.41, 5.74) is 1.17. The summed E-state index contributed by atoms with van der Waals surface area (Å²) in [6.45, 7) is 6.24. The fourth-order valence-electron chi connectivity index (χ4n) is 2.32. The van der Waals surface area contributed by atoms with E-state index in [0.717, 1.165) is 56.8 Å². The van der Waals surface area contributed by atoms with Crippen molar-refractivity contribution in [2.75, 3.05) is 40.0 Å². The van der Waals surface area contributed by atoms with Gasteiger partial charge in [0.05, 0.1) is 6.61 Å². The Bertz CT molecular complexity index is 507. The van der Waals surface area contributed by atoms with Crippen molar-refractivity contribution in [2.45, 2.75) is 32.6 Å². The van der Waals surface area contributed by atoms with Crippen molar-refractivity contribution in [1.29, 1.82) is 0 Å². The van der Waals surface area contributed by atoms with Crippen LogP contribution in [0.25, 0.3) is 0 Å². The molecule has 1 aliphatic rings. The molecule has 1 aromatic carbocycles. The van der Waals surface area contributed by atoms with Gasteiger partial charge in [0.25, 0.3) is 0 Å². The van der Waals surface area contributed by atoms with Gasteiger partial charge >= 0.3 is 0 Å². The first-order chi connectivity index (χ1) is 11.8. The summed E-state index contributed by atoms with van der Waals surface area (Å²) >= 11 is 0. The minimum absolute atomic E-state index is 0. The number of halogens is 1. The maximum atomic E-state index is 5.79. The van der Waals surface area contributed by atoms with Crippen LogP contribution in [0.15, 0.2) is 29.3 Å². The van der Waals surface area contributed by atoms with Crippen LogP contribution < -0.4 is 15.4 Å². The average Bonchev–Trinajstić information content (AvgIpc) is 3.41. The van der Waals surface area contributed by atoms with Crippen LogP contribution in [0.4, 0.5) is 0 Å². The van der Waals surface area contributed by atoms with E-state index in [2.05, 4.69) is 28.6 Å². The summed E-state index contributed by atoms with van der Waals surface area (Å²) < 4.78 is 11.4. The van der Waals surface area contributed by atoms with E-state index in [1.54, 1.807) is 7.05 Å². The van der Waals surface area contributed by atoms with E-state index in [0.29, 0.717) is 6.61 Å². The van der Waals surface area contributed by atoms with Crippen molar-refractivity contribution in [3.05, 3.63) is 29.8 Å². The summed E-state index contributed by atoms with van der Waals surface area (Å²) in [5.74, 6) is 2.65. The van der Waals surface area contributed by atoms with Crippen molar-refractivity contribution in [1.82, 2.24) is 10.6 Å². The Kier molecular flexibility index (Phi) is 11.6. The third-order valence-corrected chi connectivity index (χ3v) is 4.00. The summed E-state index contributed by atoms with van der Waals surface area (Å²) in [4.78, 5) is 4.23. The molecule has 0 unspecified atom stereocenters. The zero-order valence-electron chi connectivity index (χ0n) is 15.4. The van der Waals surface area contributed by atoms with Gasteiger partial charge in [0.15, 0.2) is 5.96 Å². The van der Waals surface area contributed by atoms with Crippen molar-refractivity contribution in [3.63, 3.8) is 0 Å². The van der Waals surface area contributed by atoms with Gasteiger partial charge in [-0.05, 0) is 50.2 Å². The molecule has 25 heavy (non-hydrogen) atoms. The SMILES string of the molecule is CN=C(NCCCOCC1CC1)NCCCOc1ccccc1C.I. The molecule has 0 aromatic heterocycles. The maximum absolute atomic E-state index is 5.79. The van der Waals surface area contributed by atoms with E-state index in [1.165, 1.54) is 18.4 Å².